The van der Waals surface area contributed by atoms with Crippen molar-refractivity contribution in [3.63, 3.8) is 0 Å². The Hall–Kier alpha value is -1.32. The summed E-state index contributed by atoms with van der Waals surface area (Å²) in [5.41, 5.74) is 0. The molecule has 0 aromatic carbocycles. The second kappa shape index (κ2) is 41.1. The summed E-state index contributed by atoms with van der Waals surface area (Å²) in [6, 6.07) is 0. The third kappa shape index (κ3) is 41.0. The molecule has 0 aliphatic carbocycles. The molecule has 0 aliphatic heterocycles. The number of aliphatic carboxylic acids is 1. The number of hydrogen-bond acceptors (Lipinski definition) is 3. The molecular weight excluding hydrogens is 604 g/mol. The van der Waals surface area contributed by atoms with Crippen LogP contribution < -0.4 is 0 Å². The zero-order valence-electron chi connectivity index (χ0n) is 33.3. The number of carboxylic acid groups (broad SMARTS) is 1. The van der Waals surface area contributed by atoms with Gasteiger partial charge in [0.15, 0.2) is 0 Å². The van der Waals surface area contributed by atoms with Gasteiger partial charge in [0.05, 0.1) is 0 Å². The maximum atomic E-state index is 12.7. The summed E-state index contributed by atoms with van der Waals surface area (Å²) in [6.45, 7) is 4.56. The maximum Gasteiger partial charge on any atom is 0.306 e. The largest absolute Gasteiger partial charge is 0.481 e. The SMILES string of the molecule is CCCCCCCC/C=C\CCCCCCCCCCCC(=O)OC(CCCCCCCCCCCCCC)CCCCCCCC(=O)O. The fourth-order valence-electron chi connectivity index (χ4n) is 6.95. The topological polar surface area (TPSA) is 63.6 Å². The van der Waals surface area contributed by atoms with Crippen LogP contribution in [0.25, 0.3) is 0 Å². The van der Waals surface area contributed by atoms with Crippen molar-refractivity contribution in [3.05, 3.63) is 12.2 Å². The molecule has 0 aromatic heterocycles. The Bertz CT molecular complexity index is 702. The van der Waals surface area contributed by atoms with Gasteiger partial charge in [-0.05, 0) is 64.2 Å². The number of carbonyl (C=O) groups is 2. The highest BCUT2D eigenvalue weighted by Crippen LogP contribution is 2.19. The summed E-state index contributed by atoms with van der Waals surface area (Å²) >= 11 is 0. The van der Waals surface area contributed by atoms with Gasteiger partial charge in [-0.15, -0.1) is 0 Å². The zero-order chi connectivity index (χ0) is 35.7. The standard InChI is InChI=1S/C45H86O4/c1-3-5-7-9-11-13-15-17-18-19-20-21-22-23-25-27-29-34-38-42-45(48)49-43(40-36-32-30-33-37-41-44(46)47)39-35-31-28-26-24-16-14-12-10-8-6-4-2/h17-18,43H,3-16,19-42H2,1-2H3,(H,46,47)/b18-17-. The molecule has 4 nitrogen and oxygen atoms in total. The number of carbonyl (C=O) groups excluding carboxylic acids is 1. The first kappa shape index (κ1) is 47.7. The van der Waals surface area contributed by atoms with Gasteiger partial charge in [-0.2, -0.15) is 0 Å². The van der Waals surface area contributed by atoms with E-state index in [0.717, 1.165) is 64.2 Å². The van der Waals surface area contributed by atoms with E-state index in [4.69, 9.17) is 9.84 Å². The first-order valence-corrected chi connectivity index (χ1v) is 22.2. The second-order valence-electron chi connectivity index (χ2n) is 15.2. The first-order chi connectivity index (χ1) is 24.1. The lowest BCUT2D eigenvalue weighted by atomic mass is 10.0. The summed E-state index contributed by atoms with van der Waals surface area (Å²) in [5, 5.41) is 8.83. The van der Waals surface area contributed by atoms with Gasteiger partial charge in [0.2, 0.25) is 0 Å². The van der Waals surface area contributed by atoms with E-state index in [1.54, 1.807) is 0 Å². The number of esters is 1. The third-order valence-corrected chi connectivity index (χ3v) is 10.2. The molecule has 1 unspecified atom stereocenters. The van der Waals surface area contributed by atoms with Crippen molar-refractivity contribution in [2.75, 3.05) is 0 Å². The smallest absolute Gasteiger partial charge is 0.306 e. The number of unbranched alkanes of at least 4 members (excludes halogenated alkanes) is 30. The number of hydrogen-bond donors (Lipinski definition) is 1. The Labute approximate surface area is 306 Å². The van der Waals surface area contributed by atoms with Crippen molar-refractivity contribution in [2.45, 2.75) is 264 Å². The van der Waals surface area contributed by atoms with Crippen LogP contribution in [-0.2, 0) is 14.3 Å². The molecule has 0 amide bonds. The van der Waals surface area contributed by atoms with Gasteiger partial charge in [-0.25, -0.2) is 0 Å². The molecule has 290 valence electrons. The molecule has 0 rings (SSSR count). The lowest BCUT2D eigenvalue weighted by Gasteiger charge is -2.18. The van der Waals surface area contributed by atoms with Crippen LogP contribution >= 0.6 is 0 Å². The van der Waals surface area contributed by atoms with E-state index in [0.29, 0.717) is 6.42 Å². The van der Waals surface area contributed by atoms with Crippen molar-refractivity contribution >= 4 is 11.9 Å². The van der Waals surface area contributed by atoms with Gasteiger partial charge in [-0.3, -0.25) is 9.59 Å². The summed E-state index contributed by atoms with van der Waals surface area (Å²) in [7, 11) is 0. The van der Waals surface area contributed by atoms with E-state index in [1.807, 2.05) is 0 Å². The molecule has 49 heavy (non-hydrogen) atoms. The average molecular weight is 691 g/mol. The molecule has 0 aliphatic rings. The minimum Gasteiger partial charge on any atom is -0.481 e. The molecule has 0 fully saturated rings. The average Bonchev–Trinajstić information content (AvgIpc) is 3.09. The Morgan fingerprint density at radius 3 is 1.10 bits per heavy atom. The van der Waals surface area contributed by atoms with Crippen LogP contribution in [0.3, 0.4) is 0 Å². The fourth-order valence-corrected chi connectivity index (χ4v) is 6.95. The fraction of sp³-hybridized carbons (Fsp3) is 0.911. The van der Waals surface area contributed by atoms with E-state index >= 15 is 0 Å². The zero-order valence-corrected chi connectivity index (χ0v) is 33.3. The number of allylic oxidation sites excluding steroid dienone is 2. The number of rotatable bonds is 41. The summed E-state index contributed by atoms with van der Waals surface area (Å²) in [6.07, 6.45) is 51.0. The van der Waals surface area contributed by atoms with Crippen molar-refractivity contribution in [1.82, 2.24) is 0 Å². The number of ether oxygens (including phenoxy) is 1. The summed E-state index contributed by atoms with van der Waals surface area (Å²) in [4.78, 5) is 23.4. The molecule has 1 N–H and O–H groups in total. The molecule has 0 heterocycles. The van der Waals surface area contributed by atoms with Crippen LogP contribution in [0.5, 0.6) is 0 Å². The van der Waals surface area contributed by atoms with Gasteiger partial charge < -0.3 is 9.84 Å². The summed E-state index contributed by atoms with van der Waals surface area (Å²) < 4.78 is 6.03. The predicted octanol–water partition coefficient (Wildman–Crippen LogP) is 15.4. The minimum atomic E-state index is -0.697. The first-order valence-electron chi connectivity index (χ1n) is 22.2. The van der Waals surface area contributed by atoms with Gasteiger partial charge in [0, 0.05) is 12.8 Å². The molecule has 0 saturated heterocycles. The minimum absolute atomic E-state index is 0.00594. The molecular formula is C45H86O4. The van der Waals surface area contributed by atoms with Gasteiger partial charge >= 0.3 is 11.9 Å². The normalized spacial score (nSPS) is 12.2. The van der Waals surface area contributed by atoms with Gasteiger partial charge in [0.1, 0.15) is 6.10 Å². The van der Waals surface area contributed by atoms with E-state index < -0.39 is 5.97 Å². The van der Waals surface area contributed by atoms with Crippen molar-refractivity contribution in [2.24, 2.45) is 0 Å². The Morgan fingerprint density at radius 1 is 0.429 bits per heavy atom. The second-order valence-corrected chi connectivity index (χ2v) is 15.2. The molecule has 0 aromatic rings. The molecule has 0 radical (unpaired) electrons. The maximum absolute atomic E-state index is 12.7. The highest BCUT2D eigenvalue weighted by atomic mass is 16.5. The van der Waals surface area contributed by atoms with Crippen LogP contribution in [0.2, 0.25) is 0 Å². The lowest BCUT2D eigenvalue weighted by molar-refractivity contribution is -0.150. The monoisotopic (exact) mass is 691 g/mol. The quantitative estimate of drug-likeness (QED) is 0.0394. The highest BCUT2D eigenvalue weighted by molar-refractivity contribution is 5.69. The highest BCUT2D eigenvalue weighted by Gasteiger charge is 2.14. The van der Waals surface area contributed by atoms with Crippen LogP contribution in [0, 0.1) is 0 Å². The van der Waals surface area contributed by atoms with Crippen LogP contribution in [0.1, 0.15) is 258 Å². The Morgan fingerprint density at radius 2 is 0.735 bits per heavy atom. The Kier molecular flexibility index (Phi) is 40.0. The molecule has 0 bridgehead atoms. The molecule has 0 spiro atoms. The summed E-state index contributed by atoms with van der Waals surface area (Å²) in [5.74, 6) is -0.691. The van der Waals surface area contributed by atoms with E-state index in [9.17, 15) is 9.59 Å². The third-order valence-electron chi connectivity index (χ3n) is 10.2. The van der Waals surface area contributed by atoms with Crippen molar-refractivity contribution in [3.8, 4) is 0 Å². The van der Waals surface area contributed by atoms with Gasteiger partial charge in [0.25, 0.3) is 0 Å². The van der Waals surface area contributed by atoms with Crippen molar-refractivity contribution < 1.29 is 19.4 Å². The molecule has 4 heteroatoms. The molecule has 0 saturated carbocycles. The van der Waals surface area contributed by atoms with E-state index in [1.165, 1.54) is 167 Å². The van der Waals surface area contributed by atoms with Crippen LogP contribution in [-0.4, -0.2) is 23.1 Å². The van der Waals surface area contributed by atoms with Crippen LogP contribution in [0.15, 0.2) is 12.2 Å². The molecule has 1 atom stereocenters. The lowest BCUT2D eigenvalue weighted by Crippen LogP contribution is -2.18. The van der Waals surface area contributed by atoms with Crippen molar-refractivity contribution in [1.29, 1.82) is 0 Å². The Balaban J connectivity index is 3.93. The van der Waals surface area contributed by atoms with E-state index in [2.05, 4.69) is 26.0 Å². The van der Waals surface area contributed by atoms with Crippen LogP contribution in [0.4, 0.5) is 0 Å². The van der Waals surface area contributed by atoms with E-state index in [-0.39, 0.29) is 18.5 Å². The van der Waals surface area contributed by atoms with Gasteiger partial charge in [-0.1, -0.05) is 193 Å². The number of carboxylic acids is 1. The predicted molar refractivity (Wildman–Crippen MR) is 213 cm³/mol.